The number of hydrogen-bond donors (Lipinski definition) is 2. The lowest BCUT2D eigenvalue weighted by molar-refractivity contribution is -0.134. The fourth-order valence-corrected chi connectivity index (χ4v) is 1.19. The van der Waals surface area contributed by atoms with Crippen LogP contribution in [-0.2, 0) is 20.9 Å². The first kappa shape index (κ1) is 13.2. The van der Waals surface area contributed by atoms with Gasteiger partial charge in [0.05, 0.1) is 13.2 Å². The summed E-state index contributed by atoms with van der Waals surface area (Å²) in [6.07, 6.45) is -0.616. The number of rotatable bonds is 6. The zero-order valence-corrected chi connectivity index (χ0v) is 9.68. The molecule has 0 aromatic heterocycles. The van der Waals surface area contributed by atoms with Gasteiger partial charge in [-0.15, -0.1) is 0 Å². The minimum atomic E-state index is -0.616. The van der Waals surface area contributed by atoms with Gasteiger partial charge in [-0.3, -0.25) is 9.59 Å². The van der Waals surface area contributed by atoms with E-state index in [0.29, 0.717) is 6.61 Å². The van der Waals surface area contributed by atoms with E-state index in [1.165, 1.54) is 0 Å². The molecule has 1 aromatic carbocycles. The zero-order valence-electron chi connectivity index (χ0n) is 9.68. The third-order valence-corrected chi connectivity index (χ3v) is 2.15. The third-order valence-electron chi connectivity index (χ3n) is 2.15. The number of benzene rings is 1. The minimum Gasteiger partial charge on any atom is -0.368 e. The van der Waals surface area contributed by atoms with Crippen molar-refractivity contribution in [2.75, 3.05) is 6.54 Å². The molecule has 0 spiro atoms. The molecule has 1 aromatic rings. The van der Waals surface area contributed by atoms with Crippen LogP contribution < -0.4 is 11.1 Å². The Hall–Kier alpha value is -1.88. The largest absolute Gasteiger partial charge is 0.368 e. The Bertz CT molecular complexity index is 379. The van der Waals surface area contributed by atoms with E-state index in [1.807, 2.05) is 30.3 Å². The summed E-state index contributed by atoms with van der Waals surface area (Å²) in [6.45, 7) is 1.81. The Balaban J connectivity index is 2.31. The SMILES string of the molecule is CC(OCc1ccccc1)C(=O)NCC(N)=O. The molecule has 2 amide bonds. The van der Waals surface area contributed by atoms with Crippen LogP contribution in [-0.4, -0.2) is 24.5 Å². The van der Waals surface area contributed by atoms with Crippen LogP contribution in [0.15, 0.2) is 30.3 Å². The van der Waals surface area contributed by atoms with Gasteiger partial charge < -0.3 is 15.8 Å². The van der Waals surface area contributed by atoms with Gasteiger partial charge in [-0.25, -0.2) is 0 Å². The first-order chi connectivity index (χ1) is 8.09. The molecular formula is C12H16N2O3. The van der Waals surface area contributed by atoms with E-state index in [2.05, 4.69) is 5.32 Å². The maximum atomic E-state index is 11.4. The molecule has 0 heterocycles. The second kappa shape index (κ2) is 6.65. The summed E-state index contributed by atoms with van der Waals surface area (Å²) in [6, 6.07) is 9.53. The Morgan fingerprint density at radius 1 is 1.35 bits per heavy atom. The normalized spacial score (nSPS) is 11.8. The van der Waals surface area contributed by atoms with E-state index < -0.39 is 12.0 Å². The number of primary amides is 1. The van der Waals surface area contributed by atoms with Crippen molar-refractivity contribution in [2.24, 2.45) is 5.73 Å². The first-order valence-electron chi connectivity index (χ1n) is 5.31. The molecule has 0 fully saturated rings. The van der Waals surface area contributed by atoms with E-state index in [-0.39, 0.29) is 12.5 Å². The summed E-state index contributed by atoms with van der Waals surface area (Å²) in [5, 5.41) is 2.38. The molecule has 92 valence electrons. The van der Waals surface area contributed by atoms with E-state index >= 15 is 0 Å². The van der Waals surface area contributed by atoms with E-state index in [9.17, 15) is 9.59 Å². The van der Waals surface area contributed by atoms with Gasteiger partial charge in [0.25, 0.3) is 0 Å². The van der Waals surface area contributed by atoms with E-state index in [4.69, 9.17) is 10.5 Å². The van der Waals surface area contributed by atoms with Crippen LogP contribution in [0.5, 0.6) is 0 Å². The Kier molecular flexibility index (Phi) is 5.16. The Morgan fingerprint density at radius 3 is 2.59 bits per heavy atom. The van der Waals surface area contributed by atoms with Gasteiger partial charge in [0.15, 0.2) is 0 Å². The fraction of sp³-hybridized carbons (Fsp3) is 0.333. The number of nitrogens with two attached hydrogens (primary N) is 1. The number of nitrogens with one attached hydrogen (secondary N) is 1. The molecule has 0 saturated heterocycles. The summed E-state index contributed by atoms with van der Waals surface area (Å²) in [7, 11) is 0. The third kappa shape index (κ3) is 5.12. The predicted molar refractivity (Wildman–Crippen MR) is 62.9 cm³/mol. The van der Waals surface area contributed by atoms with Crippen molar-refractivity contribution in [1.29, 1.82) is 0 Å². The van der Waals surface area contributed by atoms with Gasteiger partial charge in [0.1, 0.15) is 6.10 Å². The van der Waals surface area contributed by atoms with Gasteiger partial charge >= 0.3 is 0 Å². The lowest BCUT2D eigenvalue weighted by Crippen LogP contribution is -2.39. The highest BCUT2D eigenvalue weighted by Gasteiger charge is 2.13. The molecule has 0 bridgehead atoms. The van der Waals surface area contributed by atoms with Gasteiger partial charge in [-0.1, -0.05) is 30.3 Å². The summed E-state index contributed by atoms with van der Waals surface area (Å²) in [4.78, 5) is 21.9. The van der Waals surface area contributed by atoms with Crippen molar-refractivity contribution in [3.8, 4) is 0 Å². The number of amides is 2. The molecule has 0 aliphatic carbocycles. The molecule has 5 nitrogen and oxygen atoms in total. The van der Waals surface area contributed by atoms with Gasteiger partial charge in [-0.2, -0.15) is 0 Å². The monoisotopic (exact) mass is 236 g/mol. The quantitative estimate of drug-likeness (QED) is 0.740. The molecule has 3 N–H and O–H groups in total. The highest BCUT2D eigenvalue weighted by molar-refractivity contribution is 5.85. The van der Waals surface area contributed by atoms with Crippen LogP contribution >= 0.6 is 0 Å². The minimum absolute atomic E-state index is 0.169. The fourth-order valence-electron chi connectivity index (χ4n) is 1.19. The van der Waals surface area contributed by atoms with Crippen LogP contribution in [0.3, 0.4) is 0 Å². The van der Waals surface area contributed by atoms with Crippen molar-refractivity contribution in [3.05, 3.63) is 35.9 Å². The van der Waals surface area contributed by atoms with Crippen LogP contribution in [0.25, 0.3) is 0 Å². The molecule has 5 heteroatoms. The van der Waals surface area contributed by atoms with Crippen molar-refractivity contribution in [3.63, 3.8) is 0 Å². The van der Waals surface area contributed by atoms with Crippen molar-refractivity contribution in [1.82, 2.24) is 5.32 Å². The smallest absolute Gasteiger partial charge is 0.249 e. The molecule has 0 aliphatic rings. The lowest BCUT2D eigenvalue weighted by atomic mass is 10.2. The van der Waals surface area contributed by atoms with Gasteiger partial charge in [0, 0.05) is 0 Å². The molecule has 0 radical (unpaired) electrons. The summed E-state index contributed by atoms with van der Waals surface area (Å²) in [5.74, 6) is -0.923. The van der Waals surface area contributed by atoms with Crippen molar-refractivity contribution >= 4 is 11.8 Å². The Morgan fingerprint density at radius 2 is 2.00 bits per heavy atom. The maximum Gasteiger partial charge on any atom is 0.249 e. The number of carbonyl (C=O) groups is 2. The molecule has 1 atom stereocenters. The Labute approximate surface area is 99.9 Å². The second-order valence-corrected chi connectivity index (χ2v) is 3.62. The highest BCUT2D eigenvalue weighted by Crippen LogP contribution is 2.03. The van der Waals surface area contributed by atoms with E-state index in [1.54, 1.807) is 6.92 Å². The topological polar surface area (TPSA) is 81.4 Å². The predicted octanol–water partition coefficient (Wildman–Crippen LogP) is 0.193. The van der Waals surface area contributed by atoms with Gasteiger partial charge in [0.2, 0.25) is 11.8 Å². The average Bonchev–Trinajstić information content (AvgIpc) is 2.34. The summed E-state index contributed by atoms with van der Waals surface area (Å²) >= 11 is 0. The standard InChI is InChI=1S/C12H16N2O3/c1-9(12(16)14-7-11(13)15)17-8-10-5-3-2-4-6-10/h2-6,9H,7-8H2,1H3,(H2,13,15)(H,14,16). The number of ether oxygens (including phenoxy) is 1. The summed E-state index contributed by atoms with van der Waals surface area (Å²) in [5.41, 5.74) is 5.90. The molecule has 1 rings (SSSR count). The van der Waals surface area contributed by atoms with E-state index in [0.717, 1.165) is 5.56 Å². The second-order valence-electron chi connectivity index (χ2n) is 3.62. The maximum absolute atomic E-state index is 11.4. The molecule has 1 unspecified atom stereocenters. The zero-order chi connectivity index (χ0) is 12.7. The average molecular weight is 236 g/mol. The van der Waals surface area contributed by atoms with Crippen LogP contribution in [0.1, 0.15) is 12.5 Å². The molecular weight excluding hydrogens is 220 g/mol. The lowest BCUT2D eigenvalue weighted by Gasteiger charge is -2.12. The molecule has 0 saturated carbocycles. The van der Waals surface area contributed by atoms with Crippen molar-refractivity contribution in [2.45, 2.75) is 19.6 Å². The van der Waals surface area contributed by atoms with Crippen LogP contribution in [0.2, 0.25) is 0 Å². The number of carbonyl (C=O) groups excluding carboxylic acids is 2. The number of hydrogen-bond acceptors (Lipinski definition) is 3. The van der Waals surface area contributed by atoms with Gasteiger partial charge in [-0.05, 0) is 12.5 Å². The molecule has 0 aliphatic heterocycles. The summed E-state index contributed by atoms with van der Waals surface area (Å²) < 4.78 is 5.36. The first-order valence-corrected chi connectivity index (χ1v) is 5.31. The van der Waals surface area contributed by atoms with Crippen LogP contribution in [0, 0.1) is 0 Å². The molecule has 17 heavy (non-hydrogen) atoms. The van der Waals surface area contributed by atoms with Crippen molar-refractivity contribution < 1.29 is 14.3 Å². The van der Waals surface area contributed by atoms with Crippen LogP contribution in [0.4, 0.5) is 0 Å². The highest BCUT2D eigenvalue weighted by atomic mass is 16.5.